The summed E-state index contributed by atoms with van der Waals surface area (Å²) in [6, 6.07) is 9.43. The number of aliphatic imine (C=N–C) groups is 1. The van der Waals surface area contributed by atoms with E-state index in [-0.39, 0.29) is 5.82 Å². The third-order valence-electron chi connectivity index (χ3n) is 5.33. The van der Waals surface area contributed by atoms with E-state index in [4.69, 9.17) is 0 Å². The number of rotatable bonds is 6. The molecule has 1 aliphatic rings. The van der Waals surface area contributed by atoms with Gasteiger partial charge in [-0.15, -0.1) is 0 Å². The molecule has 2 aromatic rings. The lowest BCUT2D eigenvalue weighted by atomic mass is 10.1. The van der Waals surface area contributed by atoms with E-state index in [2.05, 4.69) is 43.4 Å². The number of aromatic nitrogens is 1. The van der Waals surface area contributed by atoms with Crippen LogP contribution in [0.1, 0.15) is 23.6 Å². The Morgan fingerprint density at radius 2 is 1.76 bits per heavy atom. The van der Waals surface area contributed by atoms with Crippen molar-refractivity contribution in [3.63, 3.8) is 0 Å². The molecule has 1 aliphatic heterocycles. The molecule has 2 heterocycles. The van der Waals surface area contributed by atoms with Crippen molar-refractivity contribution < 1.29 is 4.39 Å². The predicted molar refractivity (Wildman–Crippen MR) is 117 cm³/mol. The molecule has 0 unspecified atom stereocenters. The van der Waals surface area contributed by atoms with Crippen molar-refractivity contribution in [2.45, 2.75) is 26.9 Å². The number of nitrogens with one attached hydrogen (secondary N) is 2. The summed E-state index contributed by atoms with van der Waals surface area (Å²) in [5.74, 6) is 1.52. The maximum Gasteiger partial charge on any atom is 0.191 e. The number of nitrogens with zero attached hydrogens (tertiary/aromatic N) is 4. The van der Waals surface area contributed by atoms with Crippen LogP contribution in [-0.2, 0) is 13.1 Å². The fourth-order valence-corrected chi connectivity index (χ4v) is 3.38. The average molecular weight is 399 g/mol. The topological polar surface area (TPSA) is 55.8 Å². The molecular formula is C22H31FN6. The number of hydrogen-bond donors (Lipinski definition) is 2. The molecule has 1 fully saturated rings. The molecule has 0 spiro atoms. The maximum absolute atomic E-state index is 13.7. The molecule has 1 aromatic carbocycles. The summed E-state index contributed by atoms with van der Waals surface area (Å²) in [6.45, 7) is 10.4. The molecule has 7 heteroatoms. The van der Waals surface area contributed by atoms with E-state index in [1.54, 1.807) is 26.1 Å². The zero-order valence-electron chi connectivity index (χ0n) is 17.6. The van der Waals surface area contributed by atoms with Gasteiger partial charge in [-0.1, -0.05) is 19.1 Å². The molecule has 1 saturated heterocycles. The Labute approximate surface area is 172 Å². The van der Waals surface area contributed by atoms with Crippen molar-refractivity contribution in [2.75, 3.05) is 44.7 Å². The van der Waals surface area contributed by atoms with Gasteiger partial charge in [-0.2, -0.15) is 0 Å². The highest BCUT2D eigenvalue weighted by Crippen LogP contribution is 2.15. The smallest absolute Gasteiger partial charge is 0.191 e. The van der Waals surface area contributed by atoms with Gasteiger partial charge in [0.05, 0.1) is 0 Å². The number of likely N-dealkylation sites (N-methyl/N-ethyl adjacent to an activating group) is 1. The summed E-state index contributed by atoms with van der Waals surface area (Å²) in [4.78, 5) is 13.6. The number of piperazine rings is 1. The number of halogens is 1. The standard InChI is InChI=1S/C22H31FN6/c1-4-28-9-11-29(12-10-28)21-14-19(7-8-25-21)16-27-22(24-3)26-15-18-6-5-17(2)20(23)13-18/h5-8,13-14H,4,9-12,15-16H2,1-3H3,(H2,24,26,27). The van der Waals surface area contributed by atoms with Crippen LogP contribution < -0.4 is 15.5 Å². The molecule has 0 atom stereocenters. The second-order valence-electron chi connectivity index (χ2n) is 7.31. The summed E-state index contributed by atoms with van der Waals surface area (Å²) in [5, 5.41) is 6.55. The Kier molecular flexibility index (Phi) is 7.41. The second kappa shape index (κ2) is 10.2. The highest BCUT2D eigenvalue weighted by molar-refractivity contribution is 5.79. The summed E-state index contributed by atoms with van der Waals surface area (Å²) >= 11 is 0. The number of anilines is 1. The summed E-state index contributed by atoms with van der Waals surface area (Å²) in [7, 11) is 1.73. The van der Waals surface area contributed by atoms with Crippen LogP contribution >= 0.6 is 0 Å². The first-order chi connectivity index (χ1) is 14.1. The molecule has 0 aliphatic carbocycles. The van der Waals surface area contributed by atoms with E-state index in [1.165, 1.54) is 0 Å². The van der Waals surface area contributed by atoms with E-state index in [1.807, 2.05) is 18.3 Å². The highest BCUT2D eigenvalue weighted by atomic mass is 19.1. The van der Waals surface area contributed by atoms with Crippen molar-refractivity contribution in [3.8, 4) is 0 Å². The molecule has 3 rings (SSSR count). The lowest BCUT2D eigenvalue weighted by Gasteiger charge is -2.34. The molecule has 29 heavy (non-hydrogen) atoms. The van der Waals surface area contributed by atoms with Crippen molar-refractivity contribution in [2.24, 2.45) is 4.99 Å². The minimum atomic E-state index is -0.184. The molecular weight excluding hydrogens is 367 g/mol. The fourth-order valence-electron chi connectivity index (χ4n) is 3.38. The van der Waals surface area contributed by atoms with Gasteiger partial charge in [0.15, 0.2) is 5.96 Å². The first-order valence-corrected chi connectivity index (χ1v) is 10.2. The van der Waals surface area contributed by atoms with Crippen LogP contribution in [-0.4, -0.2) is 55.6 Å². The van der Waals surface area contributed by atoms with Crippen molar-refractivity contribution >= 4 is 11.8 Å². The Morgan fingerprint density at radius 1 is 1.07 bits per heavy atom. The number of hydrogen-bond acceptors (Lipinski definition) is 4. The van der Waals surface area contributed by atoms with Crippen LogP contribution in [0, 0.1) is 12.7 Å². The lowest BCUT2D eigenvalue weighted by molar-refractivity contribution is 0.270. The molecule has 0 amide bonds. The molecule has 6 nitrogen and oxygen atoms in total. The maximum atomic E-state index is 13.7. The number of guanidine groups is 1. The van der Waals surface area contributed by atoms with Crippen LogP contribution in [0.5, 0.6) is 0 Å². The minimum Gasteiger partial charge on any atom is -0.354 e. The van der Waals surface area contributed by atoms with Crippen LogP contribution in [0.2, 0.25) is 0 Å². The van der Waals surface area contributed by atoms with Crippen molar-refractivity contribution in [3.05, 3.63) is 59.0 Å². The van der Waals surface area contributed by atoms with Crippen LogP contribution in [0.4, 0.5) is 10.2 Å². The van der Waals surface area contributed by atoms with Gasteiger partial charge >= 0.3 is 0 Å². The van der Waals surface area contributed by atoms with E-state index in [0.717, 1.165) is 49.7 Å². The van der Waals surface area contributed by atoms with Gasteiger partial charge in [-0.05, 0) is 48.4 Å². The predicted octanol–water partition coefficient (Wildman–Crippen LogP) is 2.54. The zero-order valence-corrected chi connectivity index (χ0v) is 17.6. The van der Waals surface area contributed by atoms with Gasteiger partial charge in [0.25, 0.3) is 0 Å². The van der Waals surface area contributed by atoms with Gasteiger partial charge < -0.3 is 20.4 Å². The Hall–Kier alpha value is -2.67. The molecule has 0 saturated carbocycles. The summed E-state index contributed by atoms with van der Waals surface area (Å²) in [5.41, 5.74) is 2.69. The van der Waals surface area contributed by atoms with E-state index in [9.17, 15) is 4.39 Å². The van der Waals surface area contributed by atoms with Gasteiger partial charge in [-0.25, -0.2) is 9.37 Å². The van der Waals surface area contributed by atoms with Gasteiger partial charge in [0, 0.05) is 52.5 Å². The molecule has 156 valence electrons. The van der Waals surface area contributed by atoms with Crippen molar-refractivity contribution in [1.29, 1.82) is 0 Å². The first-order valence-electron chi connectivity index (χ1n) is 10.2. The summed E-state index contributed by atoms with van der Waals surface area (Å²) in [6.07, 6.45) is 1.86. The minimum absolute atomic E-state index is 0.184. The normalized spacial score (nSPS) is 15.4. The van der Waals surface area contributed by atoms with Gasteiger partial charge in [0.1, 0.15) is 11.6 Å². The van der Waals surface area contributed by atoms with Crippen LogP contribution in [0.15, 0.2) is 41.5 Å². The monoisotopic (exact) mass is 398 g/mol. The zero-order chi connectivity index (χ0) is 20.6. The molecule has 0 radical (unpaired) electrons. The first kappa shape index (κ1) is 21.0. The van der Waals surface area contributed by atoms with E-state index >= 15 is 0 Å². The Morgan fingerprint density at radius 3 is 2.38 bits per heavy atom. The third-order valence-corrected chi connectivity index (χ3v) is 5.33. The second-order valence-corrected chi connectivity index (χ2v) is 7.31. The SMILES string of the molecule is CCN1CCN(c2cc(CNC(=NC)NCc3ccc(C)c(F)c3)ccn2)CC1. The molecule has 1 aromatic heterocycles. The Balaban J connectivity index is 1.52. The number of pyridine rings is 1. The Bertz CT molecular complexity index is 830. The average Bonchev–Trinajstić information content (AvgIpc) is 2.76. The lowest BCUT2D eigenvalue weighted by Crippen LogP contribution is -2.46. The van der Waals surface area contributed by atoms with Crippen molar-refractivity contribution in [1.82, 2.24) is 20.5 Å². The van der Waals surface area contributed by atoms with E-state index in [0.29, 0.717) is 24.6 Å². The largest absolute Gasteiger partial charge is 0.354 e. The molecule has 0 bridgehead atoms. The highest BCUT2D eigenvalue weighted by Gasteiger charge is 2.16. The molecule has 2 N–H and O–H groups in total. The van der Waals surface area contributed by atoms with E-state index < -0.39 is 0 Å². The third kappa shape index (κ3) is 5.90. The van der Waals surface area contributed by atoms with Gasteiger partial charge in [0.2, 0.25) is 0 Å². The number of aryl methyl sites for hydroxylation is 1. The number of benzene rings is 1. The van der Waals surface area contributed by atoms with Crippen LogP contribution in [0.3, 0.4) is 0 Å². The summed E-state index contributed by atoms with van der Waals surface area (Å²) < 4.78 is 13.7. The fraction of sp³-hybridized carbons (Fsp3) is 0.455. The van der Waals surface area contributed by atoms with Crippen LogP contribution in [0.25, 0.3) is 0 Å². The van der Waals surface area contributed by atoms with Gasteiger partial charge in [-0.3, -0.25) is 4.99 Å². The quantitative estimate of drug-likeness (QED) is 0.579.